The van der Waals surface area contributed by atoms with Gasteiger partial charge in [-0.05, 0) is 25.5 Å². The first-order chi connectivity index (χ1) is 9.08. The van der Waals surface area contributed by atoms with Crippen molar-refractivity contribution in [2.45, 2.75) is 31.8 Å². The molecule has 5 heteroatoms. The number of primary amides is 1. The number of carbonyl (C=O) groups excluding carboxylic acids is 2. The highest BCUT2D eigenvalue weighted by molar-refractivity contribution is 5.89. The van der Waals surface area contributed by atoms with Crippen LogP contribution < -0.4 is 16.4 Å². The number of amides is 2. The molecule has 2 amide bonds. The number of hydrogen-bond acceptors (Lipinski definition) is 3. The molecule has 2 unspecified atom stereocenters. The summed E-state index contributed by atoms with van der Waals surface area (Å²) in [7, 11) is 1.72. The first-order valence-electron chi connectivity index (χ1n) is 6.39. The molecule has 0 bridgehead atoms. The Morgan fingerprint density at radius 1 is 1.21 bits per heavy atom. The van der Waals surface area contributed by atoms with Crippen LogP contribution in [-0.2, 0) is 16.0 Å². The monoisotopic (exact) mass is 263 g/mol. The van der Waals surface area contributed by atoms with Gasteiger partial charge in [0.2, 0.25) is 11.8 Å². The topological polar surface area (TPSA) is 84.2 Å². The molecule has 0 spiro atoms. The lowest BCUT2D eigenvalue weighted by atomic mass is 10.0. The Kier molecular flexibility index (Phi) is 6.02. The molecule has 4 N–H and O–H groups in total. The maximum atomic E-state index is 12.1. The highest BCUT2D eigenvalue weighted by Crippen LogP contribution is 2.03. The van der Waals surface area contributed by atoms with E-state index in [4.69, 9.17) is 5.73 Å². The van der Waals surface area contributed by atoms with Crippen LogP contribution in [0.2, 0.25) is 0 Å². The van der Waals surface area contributed by atoms with E-state index in [1.165, 1.54) is 0 Å². The van der Waals surface area contributed by atoms with E-state index in [1.807, 2.05) is 30.3 Å². The second-order valence-corrected chi connectivity index (χ2v) is 4.40. The Balaban J connectivity index is 2.64. The molecule has 2 atom stereocenters. The predicted molar refractivity (Wildman–Crippen MR) is 74.4 cm³/mol. The first kappa shape index (κ1) is 15.2. The third-order valence-electron chi connectivity index (χ3n) is 3.02. The van der Waals surface area contributed by atoms with Crippen LogP contribution in [0.4, 0.5) is 0 Å². The van der Waals surface area contributed by atoms with Crippen LogP contribution in [0.15, 0.2) is 30.3 Å². The van der Waals surface area contributed by atoms with Gasteiger partial charge in [-0.3, -0.25) is 9.59 Å². The molecule has 0 fully saturated rings. The van der Waals surface area contributed by atoms with E-state index in [0.717, 1.165) is 5.56 Å². The molecule has 0 aliphatic rings. The molecule has 0 heterocycles. The molecule has 0 radical (unpaired) electrons. The zero-order chi connectivity index (χ0) is 14.3. The van der Waals surface area contributed by atoms with Crippen molar-refractivity contribution < 1.29 is 9.59 Å². The number of likely N-dealkylation sites (N-methyl/N-ethyl adjacent to an activating group) is 1. The van der Waals surface area contributed by atoms with Crippen molar-refractivity contribution in [2.75, 3.05) is 7.05 Å². The van der Waals surface area contributed by atoms with Crippen molar-refractivity contribution in [1.82, 2.24) is 10.6 Å². The van der Waals surface area contributed by atoms with Crippen LogP contribution in [0.5, 0.6) is 0 Å². The fourth-order valence-electron chi connectivity index (χ4n) is 1.82. The average molecular weight is 263 g/mol. The smallest absolute Gasteiger partial charge is 0.239 e. The van der Waals surface area contributed by atoms with Crippen LogP contribution in [0.25, 0.3) is 0 Å². The van der Waals surface area contributed by atoms with Crippen LogP contribution in [0, 0.1) is 0 Å². The van der Waals surface area contributed by atoms with Crippen molar-refractivity contribution >= 4 is 11.8 Å². The third kappa shape index (κ3) is 4.71. The van der Waals surface area contributed by atoms with Crippen molar-refractivity contribution in [3.8, 4) is 0 Å². The predicted octanol–water partition coefficient (Wildman–Crippen LogP) is 0.197. The lowest BCUT2D eigenvalue weighted by Gasteiger charge is -2.19. The minimum atomic E-state index is -0.612. The summed E-state index contributed by atoms with van der Waals surface area (Å²) in [5.41, 5.74) is 6.27. The summed E-state index contributed by atoms with van der Waals surface area (Å²) in [4.78, 5) is 23.2. The van der Waals surface area contributed by atoms with Gasteiger partial charge in [0, 0.05) is 0 Å². The van der Waals surface area contributed by atoms with E-state index in [1.54, 1.807) is 14.0 Å². The molecular formula is C14H21N3O2. The molecule has 0 saturated carbocycles. The van der Waals surface area contributed by atoms with Gasteiger partial charge in [0.25, 0.3) is 0 Å². The highest BCUT2D eigenvalue weighted by Gasteiger charge is 2.22. The summed E-state index contributed by atoms with van der Waals surface area (Å²) < 4.78 is 0. The number of hydrogen-bond donors (Lipinski definition) is 3. The number of carbonyl (C=O) groups is 2. The second-order valence-electron chi connectivity index (χ2n) is 4.40. The van der Waals surface area contributed by atoms with Crippen LogP contribution in [0.1, 0.15) is 18.9 Å². The Morgan fingerprint density at radius 2 is 1.84 bits per heavy atom. The van der Waals surface area contributed by atoms with Crippen LogP contribution >= 0.6 is 0 Å². The van der Waals surface area contributed by atoms with Crippen molar-refractivity contribution in [1.29, 1.82) is 0 Å². The minimum absolute atomic E-state index is 0.211. The van der Waals surface area contributed by atoms with Gasteiger partial charge in [-0.1, -0.05) is 37.3 Å². The number of nitrogens with two attached hydrogens (primary N) is 1. The lowest BCUT2D eigenvalue weighted by Crippen LogP contribution is -2.51. The Labute approximate surface area is 113 Å². The van der Waals surface area contributed by atoms with Gasteiger partial charge in [-0.15, -0.1) is 0 Å². The van der Waals surface area contributed by atoms with Gasteiger partial charge in [-0.25, -0.2) is 0 Å². The molecule has 0 aliphatic carbocycles. The lowest BCUT2D eigenvalue weighted by molar-refractivity contribution is -0.128. The summed E-state index contributed by atoms with van der Waals surface area (Å²) in [6, 6.07) is 8.72. The molecule has 19 heavy (non-hydrogen) atoms. The van der Waals surface area contributed by atoms with Gasteiger partial charge in [-0.2, -0.15) is 0 Å². The van der Waals surface area contributed by atoms with E-state index < -0.39 is 11.9 Å². The summed E-state index contributed by atoms with van der Waals surface area (Å²) in [5, 5.41) is 5.62. The first-order valence-corrected chi connectivity index (χ1v) is 6.39. The van der Waals surface area contributed by atoms with Crippen molar-refractivity contribution in [3.63, 3.8) is 0 Å². The highest BCUT2D eigenvalue weighted by atomic mass is 16.2. The van der Waals surface area contributed by atoms with E-state index >= 15 is 0 Å². The van der Waals surface area contributed by atoms with Crippen molar-refractivity contribution in [2.24, 2.45) is 5.73 Å². The molecule has 0 aromatic heterocycles. The zero-order valence-electron chi connectivity index (χ0n) is 11.3. The van der Waals surface area contributed by atoms with Gasteiger partial charge in [0.15, 0.2) is 0 Å². The maximum absolute atomic E-state index is 12.1. The molecular weight excluding hydrogens is 242 g/mol. The fourth-order valence-corrected chi connectivity index (χ4v) is 1.82. The quantitative estimate of drug-likeness (QED) is 0.657. The molecule has 1 aromatic carbocycles. The van der Waals surface area contributed by atoms with E-state index in [2.05, 4.69) is 10.6 Å². The Morgan fingerprint density at radius 3 is 2.32 bits per heavy atom. The average Bonchev–Trinajstić information content (AvgIpc) is 2.42. The number of benzene rings is 1. The van der Waals surface area contributed by atoms with Crippen LogP contribution in [0.3, 0.4) is 0 Å². The summed E-state index contributed by atoms with van der Waals surface area (Å²) in [6.07, 6.45) is 1.06. The number of nitrogens with one attached hydrogen (secondary N) is 2. The zero-order valence-corrected chi connectivity index (χ0v) is 11.3. The molecule has 0 aliphatic heterocycles. The molecule has 104 valence electrons. The summed E-state index contributed by atoms with van der Waals surface area (Å²) in [6.45, 7) is 1.81. The summed E-state index contributed by atoms with van der Waals surface area (Å²) in [5.74, 6) is -0.720. The van der Waals surface area contributed by atoms with Gasteiger partial charge in [0.05, 0.1) is 6.04 Å². The molecule has 1 rings (SSSR count). The summed E-state index contributed by atoms with van der Waals surface area (Å²) >= 11 is 0. The van der Waals surface area contributed by atoms with E-state index in [-0.39, 0.29) is 11.9 Å². The van der Waals surface area contributed by atoms with Gasteiger partial charge < -0.3 is 16.4 Å². The maximum Gasteiger partial charge on any atom is 0.239 e. The van der Waals surface area contributed by atoms with Crippen molar-refractivity contribution in [3.05, 3.63) is 35.9 Å². The SMILES string of the molecule is CCC(NC(=O)C(Cc1ccccc1)NC)C(N)=O. The Hall–Kier alpha value is -1.88. The Bertz CT molecular complexity index is 420. The second kappa shape index (κ2) is 7.53. The molecule has 5 nitrogen and oxygen atoms in total. The molecule has 1 aromatic rings. The standard InChI is InChI=1S/C14H21N3O2/c1-3-11(13(15)18)17-14(19)12(16-2)9-10-7-5-4-6-8-10/h4-8,11-12,16H,3,9H2,1-2H3,(H2,15,18)(H,17,19). The number of rotatable bonds is 7. The largest absolute Gasteiger partial charge is 0.368 e. The van der Waals surface area contributed by atoms with E-state index in [9.17, 15) is 9.59 Å². The fraction of sp³-hybridized carbons (Fsp3) is 0.429. The minimum Gasteiger partial charge on any atom is -0.368 e. The molecule has 0 saturated heterocycles. The van der Waals surface area contributed by atoms with E-state index in [0.29, 0.717) is 12.8 Å². The third-order valence-corrected chi connectivity index (χ3v) is 3.02. The van der Waals surface area contributed by atoms with Gasteiger partial charge in [0.1, 0.15) is 6.04 Å². The van der Waals surface area contributed by atoms with Crippen LogP contribution in [-0.4, -0.2) is 30.9 Å². The van der Waals surface area contributed by atoms with Gasteiger partial charge >= 0.3 is 0 Å². The normalized spacial score (nSPS) is 13.6.